The molecule has 1 heterocycles. The molecule has 0 aliphatic carbocycles. The van der Waals surface area contributed by atoms with Crippen molar-refractivity contribution in [3.8, 4) is 0 Å². The standard InChI is InChI=1S/C47H51NO8/c1-34(28-36-18-8-3-9-19-36)48-45(49)35(2)55-46(50)44-43(53-32-39-24-14-6-15-25-39)41(51-30-37-20-10-4-11-21-37)29-42(52-31-38-22-12-5-13-23-38)47(56-44)54-33-40-26-16-7-17-27-40/h3-27,34-35,41-44,47H,28-33H2,1-2H3,(H,48,49). The first-order valence-electron chi connectivity index (χ1n) is 19.2. The molecule has 6 rings (SSSR count). The molecule has 1 aliphatic heterocycles. The zero-order valence-corrected chi connectivity index (χ0v) is 32.0. The first-order chi connectivity index (χ1) is 27.4. The Morgan fingerprint density at radius 3 is 1.46 bits per heavy atom. The fraction of sp³-hybridized carbons (Fsp3) is 0.319. The Labute approximate surface area is 329 Å². The van der Waals surface area contributed by atoms with Gasteiger partial charge in [-0.3, -0.25) is 4.79 Å². The number of ether oxygens (including phenoxy) is 6. The minimum atomic E-state index is -1.34. The summed E-state index contributed by atoms with van der Waals surface area (Å²) >= 11 is 0. The van der Waals surface area contributed by atoms with E-state index >= 15 is 0 Å². The lowest BCUT2D eigenvalue weighted by atomic mass is 10.0. The molecule has 56 heavy (non-hydrogen) atoms. The summed E-state index contributed by atoms with van der Waals surface area (Å²) in [5.41, 5.74) is 4.83. The molecule has 1 aliphatic rings. The Morgan fingerprint density at radius 1 is 0.571 bits per heavy atom. The van der Waals surface area contributed by atoms with Crippen LogP contribution >= 0.6 is 0 Å². The molecule has 0 radical (unpaired) electrons. The SMILES string of the molecule is CC(Cc1ccccc1)NC(=O)C(C)OC(=O)C1OC(OCc2ccccc2)C(OCc2ccccc2)CC(OCc2ccccc2)C1OCc1ccccc1. The van der Waals surface area contributed by atoms with Crippen LogP contribution in [-0.2, 0) is 70.9 Å². The first-order valence-corrected chi connectivity index (χ1v) is 19.2. The Balaban J connectivity index is 1.28. The average Bonchev–Trinajstić information content (AvgIpc) is 3.38. The average molecular weight is 758 g/mol. The minimum Gasteiger partial charge on any atom is -0.451 e. The molecule has 7 atom stereocenters. The lowest BCUT2D eigenvalue weighted by Crippen LogP contribution is -2.49. The zero-order valence-electron chi connectivity index (χ0n) is 32.0. The predicted molar refractivity (Wildman–Crippen MR) is 213 cm³/mol. The molecule has 1 saturated heterocycles. The van der Waals surface area contributed by atoms with Gasteiger partial charge in [0.1, 0.15) is 12.2 Å². The number of carbonyl (C=O) groups excluding carboxylic acids is 2. The zero-order chi connectivity index (χ0) is 39.0. The van der Waals surface area contributed by atoms with Gasteiger partial charge in [0.2, 0.25) is 0 Å². The van der Waals surface area contributed by atoms with Crippen molar-refractivity contribution in [1.29, 1.82) is 0 Å². The molecule has 5 aromatic rings. The Bertz CT molecular complexity index is 1880. The second kappa shape index (κ2) is 21.2. The van der Waals surface area contributed by atoms with Crippen LogP contribution in [-0.4, -0.2) is 54.7 Å². The van der Waals surface area contributed by atoms with Crippen molar-refractivity contribution >= 4 is 11.9 Å². The summed E-state index contributed by atoms with van der Waals surface area (Å²) in [6.45, 7) is 4.35. The highest BCUT2D eigenvalue weighted by molar-refractivity contribution is 5.85. The van der Waals surface area contributed by atoms with Gasteiger partial charge in [-0.1, -0.05) is 152 Å². The number of rotatable bonds is 18. The molecule has 0 bridgehead atoms. The van der Waals surface area contributed by atoms with E-state index in [-0.39, 0.29) is 38.9 Å². The third kappa shape index (κ3) is 12.4. The van der Waals surface area contributed by atoms with Crippen LogP contribution in [0.25, 0.3) is 0 Å². The van der Waals surface area contributed by atoms with Crippen LogP contribution in [0.5, 0.6) is 0 Å². The number of amides is 1. The van der Waals surface area contributed by atoms with Crippen LogP contribution in [0.15, 0.2) is 152 Å². The number of nitrogens with one attached hydrogen (secondary N) is 1. The molecule has 1 N–H and O–H groups in total. The van der Waals surface area contributed by atoms with E-state index in [1.54, 1.807) is 6.92 Å². The maximum Gasteiger partial charge on any atom is 0.339 e. The number of hydrogen-bond acceptors (Lipinski definition) is 8. The van der Waals surface area contributed by atoms with Crippen molar-refractivity contribution in [3.63, 3.8) is 0 Å². The van der Waals surface area contributed by atoms with E-state index in [4.69, 9.17) is 28.4 Å². The normalized spacial score (nSPS) is 20.6. The van der Waals surface area contributed by atoms with E-state index in [0.29, 0.717) is 6.42 Å². The molecule has 9 nitrogen and oxygen atoms in total. The van der Waals surface area contributed by atoms with Crippen LogP contribution < -0.4 is 5.32 Å². The van der Waals surface area contributed by atoms with Crippen LogP contribution in [0, 0.1) is 0 Å². The molecular formula is C47H51NO8. The molecule has 7 unspecified atom stereocenters. The fourth-order valence-corrected chi connectivity index (χ4v) is 6.57. The summed E-state index contributed by atoms with van der Waals surface area (Å²) in [5, 5.41) is 2.98. The number of esters is 1. The number of benzene rings is 5. The van der Waals surface area contributed by atoms with Gasteiger partial charge in [0.05, 0.1) is 32.5 Å². The molecule has 1 fully saturated rings. The Morgan fingerprint density at radius 2 is 0.982 bits per heavy atom. The molecule has 9 heteroatoms. The number of hydrogen-bond donors (Lipinski definition) is 1. The van der Waals surface area contributed by atoms with Crippen LogP contribution in [0.1, 0.15) is 48.1 Å². The van der Waals surface area contributed by atoms with Gasteiger partial charge < -0.3 is 33.7 Å². The molecule has 1 amide bonds. The maximum atomic E-state index is 14.4. The molecule has 292 valence electrons. The van der Waals surface area contributed by atoms with Crippen molar-refractivity contribution in [3.05, 3.63) is 179 Å². The second-order valence-electron chi connectivity index (χ2n) is 14.1. The van der Waals surface area contributed by atoms with Gasteiger partial charge in [-0.2, -0.15) is 0 Å². The molecule has 5 aromatic carbocycles. The van der Waals surface area contributed by atoms with E-state index in [2.05, 4.69) is 5.32 Å². The minimum absolute atomic E-state index is 0.169. The van der Waals surface area contributed by atoms with E-state index in [0.717, 1.165) is 27.8 Å². The first kappa shape index (κ1) is 40.5. The Hall–Kier alpha value is -5.16. The van der Waals surface area contributed by atoms with Crippen molar-refractivity contribution < 1.29 is 38.0 Å². The van der Waals surface area contributed by atoms with Crippen molar-refractivity contribution in [2.75, 3.05) is 0 Å². The van der Waals surface area contributed by atoms with E-state index < -0.39 is 48.7 Å². The van der Waals surface area contributed by atoms with Gasteiger partial charge in [-0.15, -0.1) is 0 Å². The lowest BCUT2D eigenvalue weighted by Gasteiger charge is -2.31. The summed E-state index contributed by atoms with van der Waals surface area (Å²) in [4.78, 5) is 27.8. The number of carbonyl (C=O) groups is 2. The lowest BCUT2D eigenvalue weighted by molar-refractivity contribution is -0.244. The summed E-state index contributed by atoms with van der Waals surface area (Å²) < 4.78 is 38.9. The topological polar surface area (TPSA) is 102 Å². The highest BCUT2D eigenvalue weighted by Gasteiger charge is 2.47. The fourth-order valence-electron chi connectivity index (χ4n) is 6.57. The van der Waals surface area contributed by atoms with E-state index in [9.17, 15) is 9.59 Å². The van der Waals surface area contributed by atoms with Crippen LogP contribution in [0.4, 0.5) is 0 Å². The van der Waals surface area contributed by atoms with Gasteiger partial charge in [0.25, 0.3) is 5.91 Å². The van der Waals surface area contributed by atoms with Gasteiger partial charge in [-0.05, 0) is 48.1 Å². The monoisotopic (exact) mass is 757 g/mol. The molecule has 0 spiro atoms. The highest BCUT2D eigenvalue weighted by atomic mass is 16.7. The van der Waals surface area contributed by atoms with Crippen molar-refractivity contribution in [2.45, 2.75) is 96.0 Å². The quantitative estimate of drug-likeness (QED) is 0.0907. The van der Waals surface area contributed by atoms with Crippen molar-refractivity contribution in [1.82, 2.24) is 5.32 Å². The second-order valence-corrected chi connectivity index (χ2v) is 14.1. The van der Waals surface area contributed by atoms with Gasteiger partial charge in [0, 0.05) is 12.5 Å². The van der Waals surface area contributed by atoms with Crippen molar-refractivity contribution in [2.24, 2.45) is 0 Å². The predicted octanol–water partition coefficient (Wildman–Crippen LogP) is 7.75. The van der Waals surface area contributed by atoms with Crippen LogP contribution in [0.3, 0.4) is 0 Å². The highest BCUT2D eigenvalue weighted by Crippen LogP contribution is 2.31. The van der Waals surface area contributed by atoms with Gasteiger partial charge >= 0.3 is 5.97 Å². The third-order valence-electron chi connectivity index (χ3n) is 9.54. The molecule has 0 aromatic heterocycles. The van der Waals surface area contributed by atoms with Gasteiger partial charge in [0.15, 0.2) is 18.5 Å². The Kier molecular flexibility index (Phi) is 15.4. The summed E-state index contributed by atoms with van der Waals surface area (Å²) in [6.07, 6.45) is -4.96. The summed E-state index contributed by atoms with van der Waals surface area (Å²) in [6, 6.07) is 48.7. The summed E-state index contributed by atoms with van der Waals surface area (Å²) in [7, 11) is 0. The smallest absolute Gasteiger partial charge is 0.339 e. The van der Waals surface area contributed by atoms with Crippen LogP contribution in [0.2, 0.25) is 0 Å². The molecule has 0 saturated carbocycles. The van der Waals surface area contributed by atoms with Gasteiger partial charge in [-0.25, -0.2) is 4.79 Å². The van der Waals surface area contributed by atoms with E-state index in [1.165, 1.54) is 0 Å². The third-order valence-corrected chi connectivity index (χ3v) is 9.54. The largest absolute Gasteiger partial charge is 0.451 e. The van der Waals surface area contributed by atoms with E-state index in [1.807, 2.05) is 159 Å². The maximum absolute atomic E-state index is 14.4. The molecular weight excluding hydrogens is 707 g/mol. The summed E-state index contributed by atoms with van der Waals surface area (Å²) in [5.74, 6) is -1.19.